The van der Waals surface area contributed by atoms with Gasteiger partial charge in [-0.2, -0.15) is 0 Å². The fraction of sp³-hybridized carbons (Fsp3) is 0. The van der Waals surface area contributed by atoms with Crippen LogP contribution in [-0.2, 0) is 0 Å². The molecule has 5 rings (SSSR count). The van der Waals surface area contributed by atoms with E-state index in [1.807, 2.05) is 97.1 Å². The lowest BCUT2D eigenvalue weighted by Gasteiger charge is -2.17. The lowest BCUT2D eigenvalue weighted by atomic mass is 10.2. The number of thiocarbonyl (C=S) groups is 2. The second kappa shape index (κ2) is 9.78. The molecule has 0 radical (unpaired) electrons. The van der Waals surface area contributed by atoms with E-state index in [0.717, 1.165) is 44.8 Å². The molecule has 0 aliphatic rings. The normalized spacial score (nSPS) is 10.6. The van der Waals surface area contributed by atoms with Crippen LogP contribution in [0.1, 0.15) is 0 Å². The minimum Gasteiger partial charge on any atom is -0.332 e. The summed E-state index contributed by atoms with van der Waals surface area (Å²) >= 11 is 11.1. The molecule has 34 heavy (non-hydrogen) atoms. The van der Waals surface area contributed by atoms with Crippen molar-refractivity contribution in [3.8, 4) is 0 Å². The molecule has 0 fully saturated rings. The van der Waals surface area contributed by atoms with Gasteiger partial charge in [-0.3, -0.25) is 0 Å². The highest BCUT2D eigenvalue weighted by molar-refractivity contribution is 7.81. The third kappa shape index (κ3) is 5.09. The number of nitrogens with one attached hydrogen (secondary N) is 4. The number of fused-ring (bicyclic) bond motifs is 2. The molecule has 1 heterocycles. The Hall–Kier alpha value is -4.14. The first kappa shape index (κ1) is 21.7. The van der Waals surface area contributed by atoms with Crippen LogP contribution in [0.4, 0.5) is 22.7 Å². The molecule has 8 heteroatoms. The summed E-state index contributed by atoms with van der Waals surface area (Å²) in [5.74, 6) is 0. The van der Waals surface area contributed by atoms with Crippen molar-refractivity contribution in [3.05, 3.63) is 97.1 Å². The highest BCUT2D eigenvalue weighted by Crippen LogP contribution is 2.29. The van der Waals surface area contributed by atoms with E-state index >= 15 is 0 Å². The van der Waals surface area contributed by atoms with E-state index in [4.69, 9.17) is 34.4 Å². The SMILES string of the molecule is S=C(Nc1ccccc1)Nc1cc2nc3ccccc3nc2cc1NC(=S)Nc1ccccc1. The van der Waals surface area contributed by atoms with E-state index in [2.05, 4.69) is 21.3 Å². The molecule has 0 atom stereocenters. The number of anilines is 4. The van der Waals surface area contributed by atoms with E-state index < -0.39 is 0 Å². The fourth-order valence-corrected chi connectivity index (χ4v) is 3.94. The Bertz CT molecular complexity index is 1380. The lowest BCUT2D eigenvalue weighted by molar-refractivity contribution is 1.39. The van der Waals surface area contributed by atoms with Crippen LogP contribution in [0.3, 0.4) is 0 Å². The molecule has 4 aromatic carbocycles. The maximum atomic E-state index is 5.56. The van der Waals surface area contributed by atoms with Crippen molar-refractivity contribution in [1.82, 2.24) is 9.97 Å². The van der Waals surface area contributed by atoms with Crippen molar-refractivity contribution in [3.63, 3.8) is 0 Å². The summed E-state index contributed by atoms with van der Waals surface area (Å²) in [6, 6.07) is 31.1. The molecule has 4 N–H and O–H groups in total. The molecule has 0 saturated heterocycles. The zero-order valence-electron chi connectivity index (χ0n) is 17.9. The predicted molar refractivity (Wildman–Crippen MR) is 150 cm³/mol. The predicted octanol–water partition coefficient (Wildman–Crippen LogP) is 6.40. The zero-order chi connectivity index (χ0) is 23.3. The van der Waals surface area contributed by atoms with Gasteiger partial charge in [0.2, 0.25) is 0 Å². The summed E-state index contributed by atoms with van der Waals surface area (Å²) in [4.78, 5) is 9.55. The van der Waals surface area contributed by atoms with Crippen LogP contribution >= 0.6 is 24.4 Å². The van der Waals surface area contributed by atoms with Crippen molar-refractivity contribution in [2.45, 2.75) is 0 Å². The van der Waals surface area contributed by atoms with Crippen molar-refractivity contribution in [1.29, 1.82) is 0 Å². The van der Waals surface area contributed by atoms with Gasteiger partial charge in [0.15, 0.2) is 10.2 Å². The molecular weight excluding hydrogens is 460 g/mol. The fourth-order valence-electron chi connectivity index (χ4n) is 3.49. The van der Waals surface area contributed by atoms with Gasteiger partial charge >= 0.3 is 0 Å². The first-order valence-corrected chi connectivity index (χ1v) is 11.4. The second-order valence-electron chi connectivity index (χ2n) is 7.49. The molecule has 0 bridgehead atoms. The Balaban J connectivity index is 1.48. The maximum absolute atomic E-state index is 5.56. The summed E-state index contributed by atoms with van der Waals surface area (Å²) in [6.07, 6.45) is 0. The standard InChI is InChI=1S/C26H20N6S2/c33-25(27-17-9-3-1-4-10-17)31-23-15-21-22(30-20-14-8-7-13-19(20)29-21)16-24(23)32-26(34)28-18-11-5-2-6-12-18/h1-16H,(H2,27,31,33)(H2,28,32,34). The number of hydrogen-bond acceptors (Lipinski definition) is 4. The highest BCUT2D eigenvalue weighted by atomic mass is 32.1. The van der Waals surface area contributed by atoms with Gasteiger partial charge in [0.25, 0.3) is 0 Å². The Morgan fingerprint density at radius 3 is 1.26 bits per heavy atom. The van der Waals surface area contributed by atoms with Gasteiger partial charge in [-0.1, -0.05) is 48.5 Å². The summed E-state index contributed by atoms with van der Waals surface area (Å²) < 4.78 is 0. The van der Waals surface area contributed by atoms with Crippen LogP contribution in [0.15, 0.2) is 97.1 Å². The highest BCUT2D eigenvalue weighted by Gasteiger charge is 2.12. The quantitative estimate of drug-likeness (QED) is 0.174. The van der Waals surface area contributed by atoms with Crippen LogP contribution < -0.4 is 21.3 Å². The van der Waals surface area contributed by atoms with Crippen LogP contribution in [0, 0.1) is 0 Å². The molecule has 0 spiro atoms. The van der Waals surface area contributed by atoms with E-state index in [1.54, 1.807) is 0 Å². The van der Waals surface area contributed by atoms with Crippen molar-refractivity contribution in [2.75, 3.05) is 21.3 Å². The van der Waals surface area contributed by atoms with Crippen LogP contribution in [0.5, 0.6) is 0 Å². The number of aromatic nitrogens is 2. The Morgan fingerprint density at radius 1 is 0.471 bits per heavy atom. The van der Waals surface area contributed by atoms with Crippen molar-refractivity contribution < 1.29 is 0 Å². The largest absolute Gasteiger partial charge is 0.332 e. The summed E-state index contributed by atoms with van der Waals surface area (Å²) in [5, 5.41) is 13.8. The molecule has 0 unspecified atom stereocenters. The molecular formula is C26H20N6S2. The van der Waals surface area contributed by atoms with Gasteiger partial charge in [0.05, 0.1) is 33.4 Å². The monoisotopic (exact) mass is 480 g/mol. The van der Waals surface area contributed by atoms with Gasteiger partial charge < -0.3 is 21.3 Å². The molecule has 0 amide bonds. The van der Waals surface area contributed by atoms with E-state index in [0.29, 0.717) is 10.2 Å². The van der Waals surface area contributed by atoms with E-state index in [1.165, 1.54) is 0 Å². The Morgan fingerprint density at radius 2 is 0.853 bits per heavy atom. The average molecular weight is 481 g/mol. The number of hydrogen-bond donors (Lipinski definition) is 4. The lowest BCUT2D eigenvalue weighted by Crippen LogP contribution is -2.23. The van der Waals surface area contributed by atoms with Crippen LogP contribution in [0.25, 0.3) is 22.1 Å². The number of benzene rings is 4. The van der Waals surface area contributed by atoms with Gasteiger partial charge in [0, 0.05) is 11.4 Å². The van der Waals surface area contributed by atoms with Gasteiger partial charge in [-0.25, -0.2) is 9.97 Å². The number of rotatable bonds is 4. The minimum absolute atomic E-state index is 0.448. The zero-order valence-corrected chi connectivity index (χ0v) is 19.6. The topological polar surface area (TPSA) is 73.9 Å². The molecule has 0 saturated carbocycles. The number of nitrogens with zero attached hydrogens (tertiary/aromatic N) is 2. The first-order chi connectivity index (χ1) is 16.6. The summed E-state index contributed by atoms with van der Waals surface area (Å²) in [7, 11) is 0. The molecule has 0 aliphatic heterocycles. The van der Waals surface area contributed by atoms with E-state index in [9.17, 15) is 0 Å². The van der Waals surface area contributed by atoms with Crippen molar-refractivity contribution in [2.24, 2.45) is 0 Å². The van der Waals surface area contributed by atoms with Crippen molar-refractivity contribution >= 4 is 79.5 Å². The molecule has 5 aromatic rings. The minimum atomic E-state index is 0.448. The molecule has 6 nitrogen and oxygen atoms in total. The maximum Gasteiger partial charge on any atom is 0.175 e. The molecule has 166 valence electrons. The number of para-hydroxylation sites is 4. The molecule has 1 aromatic heterocycles. The third-order valence-corrected chi connectivity index (χ3v) is 5.45. The average Bonchev–Trinajstić information content (AvgIpc) is 2.84. The first-order valence-electron chi connectivity index (χ1n) is 10.6. The summed E-state index contributed by atoms with van der Waals surface area (Å²) in [6.45, 7) is 0. The third-order valence-electron chi connectivity index (χ3n) is 5.04. The smallest absolute Gasteiger partial charge is 0.175 e. The van der Waals surface area contributed by atoms with Crippen LogP contribution in [-0.4, -0.2) is 20.2 Å². The Labute approximate surface area is 207 Å². The summed E-state index contributed by atoms with van der Waals surface area (Å²) in [5.41, 5.74) is 6.38. The van der Waals surface area contributed by atoms with E-state index in [-0.39, 0.29) is 0 Å². The van der Waals surface area contributed by atoms with Gasteiger partial charge in [0.1, 0.15) is 0 Å². The Kier molecular flexibility index (Phi) is 6.24. The molecule has 0 aliphatic carbocycles. The van der Waals surface area contributed by atoms with Gasteiger partial charge in [-0.05, 0) is 73.0 Å². The second-order valence-corrected chi connectivity index (χ2v) is 8.31. The van der Waals surface area contributed by atoms with Crippen LogP contribution in [0.2, 0.25) is 0 Å². The van der Waals surface area contributed by atoms with Gasteiger partial charge in [-0.15, -0.1) is 0 Å².